The van der Waals surface area contributed by atoms with Gasteiger partial charge in [0, 0.05) is 11.4 Å². The van der Waals surface area contributed by atoms with Crippen molar-refractivity contribution < 1.29 is 0 Å². The van der Waals surface area contributed by atoms with Gasteiger partial charge >= 0.3 is 0 Å². The number of rotatable bonds is 6. The summed E-state index contributed by atoms with van der Waals surface area (Å²) in [5.74, 6) is 0. The van der Waals surface area contributed by atoms with Gasteiger partial charge in [-0.05, 0) is 61.8 Å². The zero-order valence-corrected chi connectivity index (χ0v) is 14.4. The molecule has 0 unspecified atom stereocenters. The highest BCUT2D eigenvalue weighted by Gasteiger charge is 2.21. The maximum atomic E-state index is 9.72. The van der Waals surface area contributed by atoms with Gasteiger partial charge in [-0.25, -0.2) is 0 Å². The molecule has 1 aliphatic rings. The van der Waals surface area contributed by atoms with Gasteiger partial charge in [0.15, 0.2) is 0 Å². The van der Waals surface area contributed by atoms with Crippen molar-refractivity contribution >= 4 is 5.69 Å². The summed E-state index contributed by atoms with van der Waals surface area (Å²) in [6, 6.07) is 12.6. The monoisotopic (exact) mass is 319 g/mol. The summed E-state index contributed by atoms with van der Waals surface area (Å²) in [5.41, 5.74) is 6.66. The Bertz CT molecular complexity index is 729. The van der Waals surface area contributed by atoms with E-state index in [0.29, 0.717) is 6.54 Å². The van der Waals surface area contributed by atoms with Crippen molar-refractivity contribution in [3.8, 4) is 6.07 Å². The number of nitriles is 1. The summed E-state index contributed by atoms with van der Waals surface area (Å²) < 4.78 is 0. The molecular formula is C21H25N3. The molecule has 0 bridgehead atoms. The van der Waals surface area contributed by atoms with Crippen molar-refractivity contribution in [2.45, 2.75) is 58.4 Å². The van der Waals surface area contributed by atoms with Gasteiger partial charge in [-0.3, -0.25) is 4.98 Å². The summed E-state index contributed by atoms with van der Waals surface area (Å²) >= 11 is 0. The number of hydrogen-bond acceptors (Lipinski definition) is 3. The molecule has 0 fully saturated rings. The van der Waals surface area contributed by atoms with Crippen LogP contribution in [0.25, 0.3) is 0 Å². The lowest BCUT2D eigenvalue weighted by atomic mass is 9.86. The molecule has 1 aromatic heterocycles. The van der Waals surface area contributed by atoms with E-state index in [0.717, 1.165) is 42.6 Å². The molecule has 1 heterocycles. The van der Waals surface area contributed by atoms with Gasteiger partial charge in [-0.1, -0.05) is 31.5 Å². The quantitative estimate of drug-likeness (QED) is 0.833. The van der Waals surface area contributed by atoms with Crippen LogP contribution in [0.1, 0.15) is 60.7 Å². The number of aryl methyl sites for hydroxylation is 1. The molecule has 3 heteroatoms. The van der Waals surface area contributed by atoms with Crippen LogP contribution in [-0.4, -0.2) is 4.98 Å². The third kappa shape index (κ3) is 3.59. The minimum atomic E-state index is 0.610. The summed E-state index contributed by atoms with van der Waals surface area (Å²) in [5, 5.41) is 13.1. The molecule has 3 rings (SSSR count). The van der Waals surface area contributed by atoms with E-state index < -0.39 is 0 Å². The fourth-order valence-electron chi connectivity index (χ4n) is 3.51. The number of nitrogens with one attached hydrogen (secondary N) is 1. The predicted molar refractivity (Wildman–Crippen MR) is 98.0 cm³/mol. The molecule has 0 saturated carbocycles. The molecule has 0 saturated heterocycles. The Morgan fingerprint density at radius 2 is 1.83 bits per heavy atom. The van der Waals surface area contributed by atoms with Crippen molar-refractivity contribution in [1.82, 2.24) is 4.98 Å². The van der Waals surface area contributed by atoms with Crippen molar-refractivity contribution in [2.75, 3.05) is 5.32 Å². The van der Waals surface area contributed by atoms with Crippen molar-refractivity contribution in [2.24, 2.45) is 0 Å². The topological polar surface area (TPSA) is 48.7 Å². The number of pyridine rings is 1. The maximum Gasteiger partial charge on any atom is 0.101 e. The Hall–Kier alpha value is -2.34. The van der Waals surface area contributed by atoms with Crippen molar-refractivity contribution in [1.29, 1.82) is 5.26 Å². The van der Waals surface area contributed by atoms with Crippen molar-refractivity contribution in [3.63, 3.8) is 0 Å². The van der Waals surface area contributed by atoms with E-state index in [4.69, 9.17) is 4.98 Å². The largest absolute Gasteiger partial charge is 0.379 e. The average Bonchev–Trinajstić information content (AvgIpc) is 2.65. The lowest BCUT2D eigenvalue weighted by Gasteiger charge is -2.22. The first-order valence-corrected chi connectivity index (χ1v) is 9.06. The second-order valence-corrected chi connectivity index (χ2v) is 6.48. The van der Waals surface area contributed by atoms with E-state index >= 15 is 0 Å². The number of nitrogens with zero attached hydrogens (tertiary/aromatic N) is 2. The second kappa shape index (κ2) is 7.97. The predicted octanol–water partition coefficient (Wildman–Crippen LogP) is 4.79. The number of fused-ring (bicyclic) bond motifs is 1. The average molecular weight is 319 g/mol. The van der Waals surface area contributed by atoms with Crippen LogP contribution < -0.4 is 5.32 Å². The number of unbranched alkanes of at least 4 members (excludes halogenated alkanes) is 1. The Kier molecular flexibility index (Phi) is 5.48. The number of hydrogen-bond donors (Lipinski definition) is 1. The number of para-hydroxylation sites is 1. The third-order valence-electron chi connectivity index (χ3n) is 4.79. The molecular weight excluding hydrogens is 294 g/mol. The Balaban J connectivity index is 1.93. The van der Waals surface area contributed by atoms with Gasteiger partial charge in [0.1, 0.15) is 6.07 Å². The molecule has 124 valence electrons. The van der Waals surface area contributed by atoms with Crippen LogP contribution in [0, 0.1) is 11.3 Å². The molecule has 0 atom stereocenters. The number of benzene rings is 1. The van der Waals surface area contributed by atoms with Crippen LogP contribution >= 0.6 is 0 Å². The van der Waals surface area contributed by atoms with E-state index in [9.17, 15) is 5.26 Å². The van der Waals surface area contributed by atoms with Gasteiger partial charge in [0.25, 0.3) is 0 Å². The van der Waals surface area contributed by atoms with Crippen LogP contribution in [-0.2, 0) is 25.8 Å². The smallest absolute Gasteiger partial charge is 0.101 e. The lowest BCUT2D eigenvalue weighted by molar-refractivity contribution is 0.657. The summed E-state index contributed by atoms with van der Waals surface area (Å²) in [7, 11) is 0. The van der Waals surface area contributed by atoms with Gasteiger partial charge in [0.2, 0.25) is 0 Å². The minimum Gasteiger partial charge on any atom is -0.379 e. The van der Waals surface area contributed by atoms with Gasteiger partial charge < -0.3 is 5.32 Å². The van der Waals surface area contributed by atoms with E-state index in [1.165, 1.54) is 36.1 Å². The fourth-order valence-corrected chi connectivity index (χ4v) is 3.51. The molecule has 1 aromatic carbocycles. The van der Waals surface area contributed by atoms with Gasteiger partial charge in [0.05, 0.1) is 17.8 Å². The van der Waals surface area contributed by atoms with Crippen molar-refractivity contribution in [3.05, 3.63) is 58.4 Å². The highest BCUT2D eigenvalue weighted by atomic mass is 14.9. The number of anilines is 1. The van der Waals surface area contributed by atoms with E-state index in [1.807, 2.05) is 30.3 Å². The third-order valence-corrected chi connectivity index (χ3v) is 4.79. The zero-order valence-electron chi connectivity index (χ0n) is 14.4. The van der Waals surface area contributed by atoms with Gasteiger partial charge in [-0.15, -0.1) is 0 Å². The second-order valence-electron chi connectivity index (χ2n) is 6.48. The van der Waals surface area contributed by atoms with Crippen LogP contribution in [0.5, 0.6) is 0 Å². The Morgan fingerprint density at radius 3 is 2.54 bits per heavy atom. The highest BCUT2D eigenvalue weighted by Crippen LogP contribution is 2.29. The molecule has 3 nitrogen and oxygen atoms in total. The summed E-state index contributed by atoms with van der Waals surface area (Å²) in [4.78, 5) is 4.92. The first kappa shape index (κ1) is 16.5. The molecule has 0 radical (unpaired) electrons. The van der Waals surface area contributed by atoms with Crippen LogP contribution in [0.15, 0.2) is 30.3 Å². The van der Waals surface area contributed by atoms with Crippen LogP contribution in [0.3, 0.4) is 0 Å². The zero-order chi connectivity index (χ0) is 16.8. The first-order chi connectivity index (χ1) is 11.8. The molecule has 2 aromatic rings. The minimum absolute atomic E-state index is 0.610. The Morgan fingerprint density at radius 1 is 1.08 bits per heavy atom. The summed E-state index contributed by atoms with van der Waals surface area (Å²) in [6.45, 7) is 2.83. The van der Waals surface area contributed by atoms with E-state index in [2.05, 4.69) is 18.3 Å². The van der Waals surface area contributed by atoms with Crippen LogP contribution in [0.2, 0.25) is 0 Å². The molecule has 1 aliphatic carbocycles. The maximum absolute atomic E-state index is 9.72. The lowest BCUT2D eigenvalue weighted by Crippen LogP contribution is -2.16. The van der Waals surface area contributed by atoms with Crippen LogP contribution in [0.4, 0.5) is 5.69 Å². The normalized spacial score (nSPS) is 13.2. The Labute approximate surface area is 144 Å². The SMILES string of the molecule is CCCCc1nc(CNc2ccccc2)c(C#N)c2c1CCCC2. The first-order valence-electron chi connectivity index (χ1n) is 9.06. The molecule has 24 heavy (non-hydrogen) atoms. The highest BCUT2D eigenvalue weighted by molar-refractivity contribution is 5.51. The molecule has 1 N–H and O–H groups in total. The molecule has 0 spiro atoms. The molecule has 0 amide bonds. The fraction of sp³-hybridized carbons (Fsp3) is 0.429. The van der Waals surface area contributed by atoms with Gasteiger partial charge in [-0.2, -0.15) is 5.26 Å². The van der Waals surface area contributed by atoms with E-state index in [-0.39, 0.29) is 0 Å². The molecule has 0 aliphatic heterocycles. The standard InChI is InChI=1S/C21H25N3/c1-2-3-13-20-18-12-8-7-11-17(18)19(14-22)21(24-20)15-23-16-9-5-4-6-10-16/h4-6,9-10,23H,2-3,7-8,11-13,15H2,1H3. The number of aromatic nitrogens is 1. The summed E-state index contributed by atoms with van der Waals surface area (Å²) in [6.07, 6.45) is 7.89. The van der Waals surface area contributed by atoms with E-state index in [1.54, 1.807) is 0 Å².